The summed E-state index contributed by atoms with van der Waals surface area (Å²) in [7, 11) is 1.67. The highest BCUT2D eigenvalue weighted by molar-refractivity contribution is 7.09. The van der Waals surface area contributed by atoms with Crippen molar-refractivity contribution in [2.45, 2.75) is 12.8 Å². The Kier molecular flexibility index (Phi) is 3.69. The molecule has 2 aromatic rings. The smallest absolute Gasteiger partial charge is 0.227 e. The van der Waals surface area contributed by atoms with Crippen LogP contribution in [-0.4, -0.2) is 27.0 Å². The Morgan fingerprint density at radius 3 is 2.72 bits per heavy atom. The first kappa shape index (κ1) is 12.7. The first-order valence-corrected chi connectivity index (χ1v) is 6.30. The van der Waals surface area contributed by atoms with Gasteiger partial charge in [-0.25, -0.2) is 9.97 Å². The first-order valence-electron chi connectivity index (χ1n) is 5.05. The third kappa shape index (κ3) is 2.55. The first-order chi connectivity index (χ1) is 8.63. The topological polar surface area (TPSA) is 87.4 Å². The summed E-state index contributed by atoms with van der Waals surface area (Å²) >= 11 is 7.19. The summed E-state index contributed by atoms with van der Waals surface area (Å²) in [5, 5.41) is 14.6. The number of hydrogen-bond acceptors (Lipinski definition) is 7. The Hall–Kier alpha value is -1.78. The van der Waals surface area contributed by atoms with Crippen molar-refractivity contribution in [2.24, 2.45) is 0 Å². The minimum Gasteiger partial charge on any atom is -0.357 e. The van der Waals surface area contributed by atoms with Gasteiger partial charge < -0.3 is 5.32 Å². The fraction of sp³-hybridized carbons (Fsp3) is 0.300. The number of nitrogens with zero attached hydrogens (tertiary/aromatic N) is 5. The molecule has 8 heteroatoms. The molecular formula is C10H9ClN6S. The molecule has 0 bridgehead atoms. The van der Waals surface area contributed by atoms with Gasteiger partial charge in [-0.05, 0) is 18.5 Å². The van der Waals surface area contributed by atoms with Crippen molar-refractivity contribution < 1.29 is 0 Å². The summed E-state index contributed by atoms with van der Waals surface area (Å²) < 4.78 is 0. The summed E-state index contributed by atoms with van der Waals surface area (Å²) in [6, 6.07) is 2.14. The molecule has 0 saturated carbocycles. The molecule has 0 saturated heterocycles. The Bertz CT molecular complexity index is 605. The molecule has 0 amide bonds. The van der Waals surface area contributed by atoms with Crippen LogP contribution >= 0.6 is 22.9 Å². The molecule has 0 aliphatic carbocycles. The van der Waals surface area contributed by atoms with E-state index >= 15 is 0 Å². The van der Waals surface area contributed by atoms with Gasteiger partial charge in [-0.15, -0.1) is 11.3 Å². The molecule has 0 spiro atoms. The zero-order valence-corrected chi connectivity index (χ0v) is 11.2. The van der Waals surface area contributed by atoms with Gasteiger partial charge in [-0.3, -0.25) is 0 Å². The fourth-order valence-electron chi connectivity index (χ4n) is 1.33. The summed E-state index contributed by atoms with van der Waals surface area (Å²) in [6.45, 7) is 1.87. The predicted molar refractivity (Wildman–Crippen MR) is 68.7 cm³/mol. The van der Waals surface area contributed by atoms with Crippen molar-refractivity contribution >= 4 is 28.9 Å². The van der Waals surface area contributed by atoms with Crippen LogP contribution in [0.15, 0.2) is 5.38 Å². The van der Waals surface area contributed by atoms with Gasteiger partial charge in [0, 0.05) is 18.1 Å². The number of thiazole rings is 1. The highest BCUT2D eigenvalue weighted by Crippen LogP contribution is 2.25. The minimum atomic E-state index is -0.628. The lowest BCUT2D eigenvalue weighted by atomic mass is 10.2. The van der Waals surface area contributed by atoms with Gasteiger partial charge in [0.25, 0.3) is 0 Å². The van der Waals surface area contributed by atoms with Crippen LogP contribution in [0.1, 0.15) is 22.4 Å². The largest absolute Gasteiger partial charge is 0.357 e. The van der Waals surface area contributed by atoms with Crippen molar-refractivity contribution in [1.82, 2.24) is 19.9 Å². The number of rotatable bonds is 3. The number of nitriles is 1. The Labute approximate surface area is 113 Å². The molecule has 0 aromatic carbocycles. The minimum absolute atomic E-state index is 0.0536. The molecule has 0 radical (unpaired) electrons. The number of aryl methyl sites for hydroxylation is 1. The maximum Gasteiger partial charge on any atom is 0.227 e. The number of hydrogen-bond donors (Lipinski definition) is 1. The van der Waals surface area contributed by atoms with Crippen LogP contribution in [0.3, 0.4) is 0 Å². The molecule has 1 atom stereocenters. The second-order valence-electron chi connectivity index (χ2n) is 3.43. The van der Waals surface area contributed by atoms with Gasteiger partial charge >= 0.3 is 0 Å². The summed E-state index contributed by atoms with van der Waals surface area (Å²) in [4.78, 5) is 16.3. The lowest BCUT2D eigenvalue weighted by Crippen LogP contribution is -2.08. The molecule has 6 nitrogen and oxygen atoms in total. The van der Waals surface area contributed by atoms with Gasteiger partial charge in [0.05, 0.1) is 6.07 Å². The van der Waals surface area contributed by atoms with Crippen molar-refractivity contribution in [2.75, 3.05) is 12.4 Å². The summed E-state index contributed by atoms with van der Waals surface area (Å²) in [5.41, 5.74) is 0.865. The van der Waals surface area contributed by atoms with Gasteiger partial charge in [-0.1, -0.05) is 0 Å². The van der Waals surface area contributed by atoms with Crippen molar-refractivity contribution in [3.63, 3.8) is 0 Å². The maximum atomic E-state index is 9.25. The van der Waals surface area contributed by atoms with E-state index < -0.39 is 5.92 Å². The van der Waals surface area contributed by atoms with Gasteiger partial charge in [-0.2, -0.15) is 15.2 Å². The van der Waals surface area contributed by atoms with E-state index in [2.05, 4.69) is 31.3 Å². The SMILES string of the molecule is CNc1nc(Cl)nc(C(C#N)c2nc(C)cs2)n1. The number of aromatic nitrogens is 4. The van der Waals surface area contributed by atoms with Crippen LogP contribution in [0.25, 0.3) is 0 Å². The van der Waals surface area contributed by atoms with Crippen LogP contribution < -0.4 is 5.32 Å². The Morgan fingerprint density at radius 2 is 2.17 bits per heavy atom. The molecule has 92 valence electrons. The van der Waals surface area contributed by atoms with E-state index in [4.69, 9.17) is 11.6 Å². The van der Waals surface area contributed by atoms with E-state index in [1.165, 1.54) is 11.3 Å². The molecule has 2 aromatic heterocycles. The van der Waals surface area contributed by atoms with Gasteiger partial charge in [0.15, 0.2) is 11.7 Å². The molecule has 2 heterocycles. The van der Waals surface area contributed by atoms with E-state index in [1.807, 2.05) is 12.3 Å². The lowest BCUT2D eigenvalue weighted by Gasteiger charge is -2.06. The van der Waals surface area contributed by atoms with E-state index in [9.17, 15) is 5.26 Å². The molecule has 0 aliphatic rings. The third-order valence-electron chi connectivity index (χ3n) is 2.12. The maximum absolute atomic E-state index is 9.25. The van der Waals surface area contributed by atoms with Crippen LogP contribution in [0.2, 0.25) is 5.28 Å². The second kappa shape index (κ2) is 5.25. The molecule has 1 N–H and O–H groups in total. The van der Waals surface area contributed by atoms with E-state index in [-0.39, 0.29) is 5.28 Å². The highest BCUT2D eigenvalue weighted by Gasteiger charge is 2.21. The van der Waals surface area contributed by atoms with E-state index in [0.29, 0.717) is 16.8 Å². The number of halogens is 1. The average Bonchev–Trinajstić information content (AvgIpc) is 2.76. The van der Waals surface area contributed by atoms with Gasteiger partial charge in [0.1, 0.15) is 5.01 Å². The fourth-order valence-corrected chi connectivity index (χ4v) is 2.34. The lowest BCUT2D eigenvalue weighted by molar-refractivity contribution is 0.853. The Balaban J connectivity index is 2.45. The van der Waals surface area contributed by atoms with Crippen molar-refractivity contribution in [1.29, 1.82) is 5.26 Å². The van der Waals surface area contributed by atoms with Crippen LogP contribution in [0.4, 0.5) is 5.95 Å². The van der Waals surface area contributed by atoms with Gasteiger partial charge in [0.2, 0.25) is 11.2 Å². The second-order valence-corrected chi connectivity index (χ2v) is 4.65. The third-order valence-corrected chi connectivity index (χ3v) is 3.32. The van der Waals surface area contributed by atoms with E-state index in [0.717, 1.165) is 5.69 Å². The van der Waals surface area contributed by atoms with Crippen LogP contribution in [-0.2, 0) is 0 Å². The summed E-state index contributed by atoms with van der Waals surface area (Å²) in [5.74, 6) is 0.00558. The molecule has 2 rings (SSSR count). The standard InChI is InChI=1S/C10H9ClN6S/c1-5-4-18-8(14-5)6(3-12)7-15-9(11)17-10(13-2)16-7/h4,6H,1-2H3,(H,13,15,16,17). The van der Waals surface area contributed by atoms with E-state index in [1.54, 1.807) is 7.05 Å². The zero-order valence-electron chi connectivity index (χ0n) is 9.68. The molecule has 0 aliphatic heterocycles. The molecule has 1 unspecified atom stereocenters. The Morgan fingerprint density at radius 1 is 1.39 bits per heavy atom. The summed E-state index contributed by atoms with van der Waals surface area (Å²) in [6.07, 6.45) is 0. The van der Waals surface area contributed by atoms with Crippen molar-refractivity contribution in [3.8, 4) is 6.07 Å². The number of nitrogens with one attached hydrogen (secondary N) is 1. The zero-order chi connectivity index (χ0) is 13.1. The van der Waals surface area contributed by atoms with Crippen molar-refractivity contribution in [3.05, 3.63) is 27.2 Å². The average molecular weight is 281 g/mol. The van der Waals surface area contributed by atoms with Crippen LogP contribution in [0, 0.1) is 18.3 Å². The quantitative estimate of drug-likeness (QED) is 0.925. The highest BCUT2D eigenvalue weighted by atomic mass is 35.5. The monoisotopic (exact) mass is 280 g/mol. The molecular weight excluding hydrogens is 272 g/mol. The number of anilines is 1. The predicted octanol–water partition coefficient (Wildman–Crippen LogP) is 1.99. The normalized spacial score (nSPS) is 11.9. The molecule has 18 heavy (non-hydrogen) atoms. The molecule has 0 fully saturated rings. The van der Waals surface area contributed by atoms with Crippen LogP contribution in [0.5, 0.6) is 0 Å².